The highest BCUT2D eigenvalue weighted by molar-refractivity contribution is 7.85. The van der Waals surface area contributed by atoms with Crippen molar-refractivity contribution in [3.8, 4) is 0 Å². The first-order valence-corrected chi connectivity index (χ1v) is 11.8. The maximum Gasteiger partial charge on any atom is 0.294 e. The third kappa shape index (κ3) is 10.1. The molecule has 0 amide bonds. The van der Waals surface area contributed by atoms with Gasteiger partial charge < -0.3 is 0 Å². The zero-order valence-corrected chi connectivity index (χ0v) is 18.6. The van der Waals surface area contributed by atoms with E-state index in [9.17, 15) is 13.0 Å². The summed E-state index contributed by atoms with van der Waals surface area (Å²) < 4.78 is 32.4. The van der Waals surface area contributed by atoms with Gasteiger partial charge in [0.2, 0.25) is 0 Å². The Bertz CT molecular complexity index is 702. The van der Waals surface area contributed by atoms with E-state index in [2.05, 4.69) is 33.8 Å². The Balaban J connectivity index is 2.42. The van der Waals surface area contributed by atoms with Gasteiger partial charge in [0.25, 0.3) is 10.1 Å². The number of hydrogen-bond acceptors (Lipinski definition) is 2. The van der Waals surface area contributed by atoms with E-state index in [4.69, 9.17) is 0 Å². The van der Waals surface area contributed by atoms with Crippen LogP contribution < -0.4 is 0 Å². The molecule has 1 aromatic rings. The van der Waals surface area contributed by atoms with Gasteiger partial charge in [0, 0.05) is 0 Å². The lowest BCUT2D eigenvalue weighted by atomic mass is 9.94. The lowest BCUT2D eigenvalue weighted by molar-refractivity contribution is 0.427. The Morgan fingerprint density at radius 1 is 1.11 bits per heavy atom. The molecule has 154 valence electrons. The van der Waals surface area contributed by atoms with Crippen molar-refractivity contribution in [3.63, 3.8) is 0 Å². The minimum atomic E-state index is -4.16. The van der Waals surface area contributed by atoms with Crippen LogP contribution >= 0.6 is 0 Å². The molecule has 0 heterocycles. The van der Waals surface area contributed by atoms with E-state index in [-0.39, 0.29) is 4.90 Å². The smallest absolute Gasteiger partial charge is 0.282 e. The number of aryl methyl sites for hydroxylation is 2. The van der Waals surface area contributed by atoms with Crippen LogP contribution in [0.5, 0.6) is 0 Å². The number of hydrogen-bond donors (Lipinski definition) is 1. The van der Waals surface area contributed by atoms with Gasteiger partial charge in [0.05, 0.1) is 4.90 Å². The Kier molecular flexibility index (Phi) is 10.3. The first-order valence-electron chi connectivity index (χ1n) is 10.3. The van der Waals surface area contributed by atoms with Crippen LogP contribution in [0, 0.1) is 18.8 Å². The number of benzene rings is 1. The number of allylic oxidation sites excluding steroid dienone is 2. The first-order chi connectivity index (χ1) is 12.6. The summed E-state index contributed by atoms with van der Waals surface area (Å²) in [6.07, 6.45) is 11.2. The second kappa shape index (κ2) is 11.7. The minimum Gasteiger partial charge on any atom is -0.282 e. The van der Waals surface area contributed by atoms with E-state index in [1.165, 1.54) is 43.7 Å². The Labute approximate surface area is 167 Å². The van der Waals surface area contributed by atoms with Gasteiger partial charge in [-0.1, -0.05) is 75.8 Å². The molecule has 0 bridgehead atoms. The van der Waals surface area contributed by atoms with Crippen molar-refractivity contribution >= 4 is 10.1 Å². The van der Waals surface area contributed by atoms with E-state index in [0.717, 1.165) is 30.2 Å². The van der Waals surface area contributed by atoms with Gasteiger partial charge in [-0.25, -0.2) is 0 Å². The molecule has 0 spiro atoms. The van der Waals surface area contributed by atoms with Crippen LogP contribution in [0.2, 0.25) is 0 Å². The molecular formula is C23H38O3S. The van der Waals surface area contributed by atoms with Crippen LogP contribution in [0.3, 0.4) is 0 Å². The molecule has 0 aliphatic rings. The van der Waals surface area contributed by atoms with Gasteiger partial charge in [0.15, 0.2) is 0 Å². The molecule has 0 fully saturated rings. The summed E-state index contributed by atoms with van der Waals surface area (Å²) in [6.45, 7) is 11.0. The molecule has 1 rings (SSSR count). The normalized spacial score (nSPS) is 14.0. The predicted molar refractivity (Wildman–Crippen MR) is 115 cm³/mol. The summed E-state index contributed by atoms with van der Waals surface area (Å²) in [5.41, 5.74) is 3.07. The molecular weight excluding hydrogens is 356 g/mol. The van der Waals surface area contributed by atoms with Crippen molar-refractivity contribution in [1.29, 1.82) is 0 Å². The molecule has 0 saturated heterocycles. The quantitative estimate of drug-likeness (QED) is 0.315. The molecule has 3 nitrogen and oxygen atoms in total. The summed E-state index contributed by atoms with van der Waals surface area (Å²) in [5, 5.41) is 0. The largest absolute Gasteiger partial charge is 0.294 e. The van der Waals surface area contributed by atoms with Crippen LogP contribution in [-0.4, -0.2) is 13.0 Å². The molecule has 0 aliphatic heterocycles. The van der Waals surface area contributed by atoms with Crippen molar-refractivity contribution in [1.82, 2.24) is 0 Å². The molecule has 1 N–H and O–H groups in total. The van der Waals surface area contributed by atoms with Crippen molar-refractivity contribution < 1.29 is 13.0 Å². The van der Waals surface area contributed by atoms with Gasteiger partial charge in [-0.2, -0.15) is 8.42 Å². The monoisotopic (exact) mass is 394 g/mol. The third-order valence-electron chi connectivity index (χ3n) is 5.15. The van der Waals surface area contributed by atoms with Gasteiger partial charge in [-0.3, -0.25) is 4.55 Å². The average Bonchev–Trinajstić information content (AvgIpc) is 2.53. The molecule has 1 aromatic carbocycles. The maximum atomic E-state index is 11.5. The van der Waals surface area contributed by atoms with Crippen LogP contribution in [0.4, 0.5) is 0 Å². The molecule has 1 atom stereocenters. The topological polar surface area (TPSA) is 54.4 Å². The molecule has 0 aliphatic carbocycles. The van der Waals surface area contributed by atoms with E-state index in [0.29, 0.717) is 12.0 Å². The van der Waals surface area contributed by atoms with Gasteiger partial charge in [0.1, 0.15) is 0 Å². The van der Waals surface area contributed by atoms with Crippen LogP contribution in [0.25, 0.3) is 0 Å². The van der Waals surface area contributed by atoms with E-state index >= 15 is 0 Å². The highest BCUT2D eigenvalue weighted by Gasteiger charge is 2.14. The highest BCUT2D eigenvalue weighted by Crippen LogP contribution is 2.21. The zero-order chi connectivity index (χ0) is 20.4. The lowest BCUT2D eigenvalue weighted by Crippen LogP contribution is -2.03. The van der Waals surface area contributed by atoms with Gasteiger partial charge >= 0.3 is 0 Å². The fraction of sp³-hybridized carbons (Fsp3) is 0.652. The van der Waals surface area contributed by atoms with Crippen LogP contribution in [0.15, 0.2) is 34.7 Å². The van der Waals surface area contributed by atoms with Crippen LogP contribution in [0.1, 0.15) is 83.8 Å². The second-order valence-corrected chi connectivity index (χ2v) is 9.89. The number of rotatable bonds is 12. The summed E-state index contributed by atoms with van der Waals surface area (Å²) >= 11 is 0. The maximum absolute atomic E-state index is 11.5. The van der Waals surface area contributed by atoms with E-state index in [1.807, 2.05) is 13.0 Å². The molecule has 0 radical (unpaired) electrons. The Morgan fingerprint density at radius 2 is 1.78 bits per heavy atom. The molecule has 1 unspecified atom stereocenters. The fourth-order valence-electron chi connectivity index (χ4n) is 3.48. The molecule has 27 heavy (non-hydrogen) atoms. The van der Waals surface area contributed by atoms with E-state index < -0.39 is 10.1 Å². The zero-order valence-electron chi connectivity index (χ0n) is 17.8. The summed E-state index contributed by atoms with van der Waals surface area (Å²) in [4.78, 5) is 0.0365. The van der Waals surface area contributed by atoms with Gasteiger partial charge in [-0.15, -0.1) is 0 Å². The molecule has 4 heteroatoms. The van der Waals surface area contributed by atoms with Gasteiger partial charge in [-0.05, 0) is 63.0 Å². The SMILES string of the molecule is C/C(=C\CCc1cc(C)ccc1S(=O)(=O)O)CCCC(C)CCCC(C)C. The van der Waals surface area contributed by atoms with Crippen molar-refractivity contribution in [3.05, 3.63) is 41.0 Å². The Morgan fingerprint density at radius 3 is 2.41 bits per heavy atom. The standard InChI is InChI=1S/C23H38O3S/c1-18(2)9-6-10-19(3)11-7-12-20(4)13-8-14-22-17-21(5)15-16-23(22)27(24,25)26/h13,15-19H,6-12,14H2,1-5H3,(H,24,25,26)/b20-13+. The van der Waals surface area contributed by atoms with E-state index in [1.54, 1.807) is 6.07 Å². The molecule has 0 saturated carbocycles. The summed E-state index contributed by atoms with van der Waals surface area (Å²) in [7, 11) is -4.16. The Hall–Kier alpha value is -1.13. The van der Waals surface area contributed by atoms with Crippen LogP contribution in [-0.2, 0) is 16.5 Å². The lowest BCUT2D eigenvalue weighted by Gasteiger charge is -2.12. The van der Waals surface area contributed by atoms with Crippen molar-refractivity contribution in [2.75, 3.05) is 0 Å². The highest BCUT2D eigenvalue weighted by atomic mass is 32.2. The average molecular weight is 395 g/mol. The minimum absolute atomic E-state index is 0.0365. The van der Waals surface area contributed by atoms with Crippen molar-refractivity contribution in [2.24, 2.45) is 11.8 Å². The third-order valence-corrected chi connectivity index (χ3v) is 6.10. The predicted octanol–water partition coefficient (Wildman–Crippen LogP) is 6.75. The first kappa shape index (κ1) is 23.9. The van der Waals surface area contributed by atoms with Crippen molar-refractivity contribution in [2.45, 2.75) is 90.9 Å². The molecule has 0 aromatic heterocycles. The summed E-state index contributed by atoms with van der Waals surface area (Å²) in [6, 6.07) is 5.07. The second-order valence-electron chi connectivity index (χ2n) is 8.50. The summed E-state index contributed by atoms with van der Waals surface area (Å²) in [5.74, 6) is 1.60. The fourth-order valence-corrected chi connectivity index (χ4v) is 4.21.